The Balaban J connectivity index is 1.45. The predicted molar refractivity (Wildman–Crippen MR) is 123 cm³/mol. The first-order valence-corrected chi connectivity index (χ1v) is 10.6. The van der Waals surface area contributed by atoms with Gasteiger partial charge < -0.3 is 19.4 Å². The number of aryl methyl sites for hydroxylation is 1. The molecule has 0 radical (unpaired) electrons. The smallest absolute Gasteiger partial charge is 0.253 e. The first kappa shape index (κ1) is 21.4. The molecule has 0 aliphatic carbocycles. The van der Waals surface area contributed by atoms with Gasteiger partial charge in [0.15, 0.2) is 0 Å². The molecule has 7 nitrogen and oxygen atoms in total. The van der Waals surface area contributed by atoms with Crippen molar-refractivity contribution in [3.8, 4) is 11.5 Å². The van der Waals surface area contributed by atoms with E-state index in [-0.39, 0.29) is 11.9 Å². The summed E-state index contributed by atoms with van der Waals surface area (Å²) >= 11 is 0. The Morgan fingerprint density at radius 1 is 1.06 bits per heavy atom. The highest BCUT2D eigenvalue weighted by Gasteiger charge is 2.19. The molecule has 7 heteroatoms. The van der Waals surface area contributed by atoms with Crippen LogP contribution >= 0.6 is 0 Å². The lowest BCUT2D eigenvalue weighted by Gasteiger charge is -2.16. The molecule has 4 rings (SSSR count). The fraction of sp³-hybridized carbons (Fsp3) is 0.240. The largest absolute Gasteiger partial charge is 0.497 e. The Kier molecular flexibility index (Phi) is 6.65. The van der Waals surface area contributed by atoms with Crippen molar-refractivity contribution in [2.45, 2.75) is 25.9 Å². The van der Waals surface area contributed by atoms with Gasteiger partial charge in [0.2, 0.25) is 0 Å². The number of nitrogens with one attached hydrogen (secondary N) is 1. The Labute approximate surface area is 187 Å². The molecule has 164 valence electrons. The van der Waals surface area contributed by atoms with E-state index in [1.165, 1.54) is 0 Å². The van der Waals surface area contributed by atoms with Crippen LogP contribution in [0.5, 0.6) is 11.5 Å². The van der Waals surface area contributed by atoms with Gasteiger partial charge in [0.25, 0.3) is 5.91 Å². The van der Waals surface area contributed by atoms with E-state index >= 15 is 0 Å². The van der Waals surface area contributed by atoms with Crippen molar-refractivity contribution in [2.75, 3.05) is 13.7 Å². The highest BCUT2D eigenvalue weighted by atomic mass is 16.5. The summed E-state index contributed by atoms with van der Waals surface area (Å²) in [6, 6.07) is 18.8. The molecule has 0 bridgehead atoms. The molecule has 0 spiro atoms. The third-order valence-electron chi connectivity index (χ3n) is 5.20. The zero-order valence-electron chi connectivity index (χ0n) is 18.2. The maximum absolute atomic E-state index is 12.6. The summed E-state index contributed by atoms with van der Waals surface area (Å²) < 4.78 is 13.2. The van der Waals surface area contributed by atoms with Crippen molar-refractivity contribution in [1.82, 2.24) is 19.9 Å². The maximum Gasteiger partial charge on any atom is 0.253 e. The van der Waals surface area contributed by atoms with Crippen molar-refractivity contribution < 1.29 is 14.3 Å². The van der Waals surface area contributed by atoms with Crippen LogP contribution in [-0.4, -0.2) is 34.2 Å². The summed E-state index contributed by atoms with van der Waals surface area (Å²) in [5.74, 6) is 2.24. The second kappa shape index (κ2) is 9.96. The lowest BCUT2D eigenvalue weighted by Crippen LogP contribution is -2.29. The van der Waals surface area contributed by atoms with Crippen LogP contribution in [0.2, 0.25) is 0 Å². The molecular formula is C25H26N4O3. The molecule has 4 aromatic rings. The van der Waals surface area contributed by atoms with Gasteiger partial charge in [-0.3, -0.25) is 9.78 Å². The number of methoxy groups -OCH3 is 1. The average Bonchev–Trinajstić information content (AvgIpc) is 3.21. The number of fused-ring (bicyclic) bond motifs is 1. The highest BCUT2D eigenvalue weighted by Crippen LogP contribution is 2.22. The van der Waals surface area contributed by atoms with Crippen molar-refractivity contribution in [3.05, 3.63) is 84.4 Å². The summed E-state index contributed by atoms with van der Waals surface area (Å²) in [6.07, 6.45) is 4.00. The second-order valence-corrected chi connectivity index (χ2v) is 7.42. The van der Waals surface area contributed by atoms with Crippen molar-refractivity contribution >= 4 is 16.9 Å². The topological polar surface area (TPSA) is 78.3 Å². The lowest BCUT2D eigenvalue weighted by atomic mass is 10.2. The molecule has 1 amide bonds. The number of amides is 1. The number of carbonyl (C=O) groups excluding carboxylic acids is 1. The van der Waals surface area contributed by atoms with Gasteiger partial charge in [-0.2, -0.15) is 0 Å². The molecule has 2 heterocycles. The first-order chi connectivity index (χ1) is 15.7. The Hall–Kier alpha value is -3.87. The second-order valence-electron chi connectivity index (χ2n) is 7.42. The van der Waals surface area contributed by atoms with Gasteiger partial charge in [-0.1, -0.05) is 12.1 Å². The average molecular weight is 431 g/mol. The molecule has 2 aromatic carbocycles. The van der Waals surface area contributed by atoms with Gasteiger partial charge >= 0.3 is 0 Å². The van der Waals surface area contributed by atoms with Crippen LogP contribution in [0.1, 0.15) is 35.6 Å². The number of hydrogen-bond acceptors (Lipinski definition) is 5. The van der Waals surface area contributed by atoms with Crippen LogP contribution in [0.4, 0.5) is 0 Å². The van der Waals surface area contributed by atoms with Gasteiger partial charge in [-0.05, 0) is 61.9 Å². The van der Waals surface area contributed by atoms with E-state index in [9.17, 15) is 4.79 Å². The molecule has 0 saturated heterocycles. The number of ether oxygens (including phenoxy) is 2. The van der Waals surface area contributed by atoms with E-state index in [0.29, 0.717) is 12.2 Å². The van der Waals surface area contributed by atoms with Gasteiger partial charge in [0, 0.05) is 18.9 Å². The number of aromatic nitrogens is 3. The van der Waals surface area contributed by atoms with E-state index in [1.807, 2.05) is 55.5 Å². The van der Waals surface area contributed by atoms with E-state index in [0.717, 1.165) is 41.3 Å². The zero-order valence-corrected chi connectivity index (χ0v) is 18.2. The molecule has 0 aliphatic rings. The minimum absolute atomic E-state index is 0.174. The van der Waals surface area contributed by atoms with Crippen molar-refractivity contribution in [1.29, 1.82) is 0 Å². The van der Waals surface area contributed by atoms with E-state index in [4.69, 9.17) is 14.5 Å². The van der Waals surface area contributed by atoms with E-state index in [2.05, 4.69) is 14.9 Å². The molecular weight excluding hydrogens is 404 g/mol. The van der Waals surface area contributed by atoms with Crippen LogP contribution in [0, 0.1) is 0 Å². The third-order valence-corrected chi connectivity index (χ3v) is 5.20. The Morgan fingerprint density at radius 3 is 2.59 bits per heavy atom. The van der Waals surface area contributed by atoms with Crippen LogP contribution in [-0.2, 0) is 6.54 Å². The molecule has 32 heavy (non-hydrogen) atoms. The number of pyridine rings is 1. The molecule has 1 unspecified atom stereocenters. The van der Waals surface area contributed by atoms with Crippen molar-refractivity contribution in [2.24, 2.45) is 0 Å². The molecule has 1 N–H and O–H groups in total. The third kappa shape index (κ3) is 4.88. The Morgan fingerprint density at radius 2 is 1.84 bits per heavy atom. The van der Waals surface area contributed by atoms with Crippen LogP contribution in [0.25, 0.3) is 11.0 Å². The van der Waals surface area contributed by atoms with E-state index in [1.54, 1.807) is 31.6 Å². The summed E-state index contributed by atoms with van der Waals surface area (Å²) in [5, 5.41) is 3.04. The molecule has 0 fully saturated rings. The van der Waals surface area contributed by atoms with Crippen molar-refractivity contribution in [3.63, 3.8) is 0 Å². The van der Waals surface area contributed by atoms with Gasteiger partial charge in [-0.15, -0.1) is 0 Å². The monoisotopic (exact) mass is 430 g/mol. The minimum Gasteiger partial charge on any atom is -0.497 e. The number of para-hydroxylation sites is 2. The number of hydrogen-bond donors (Lipinski definition) is 1. The number of imidazole rings is 1. The number of carbonyl (C=O) groups is 1. The molecule has 0 saturated carbocycles. The van der Waals surface area contributed by atoms with Crippen LogP contribution < -0.4 is 14.8 Å². The SMILES string of the molecule is COc1ccc(OCCCn2c(C(C)NC(=O)c3cccnc3)nc3ccccc32)cc1. The van der Waals surface area contributed by atoms with Gasteiger partial charge in [-0.25, -0.2) is 4.98 Å². The predicted octanol–water partition coefficient (Wildman–Crippen LogP) is 4.40. The maximum atomic E-state index is 12.6. The molecule has 2 aromatic heterocycles. The molecule has 1 atom stereocenters. The summed E-state index contributed by atoms with van der Waals surface area (Å²) in [4.78, 5) is 21.4. The quantitative estimate of drug-likeness (QED) is 0.398. The number of nitrogens with zero attached hydrogens (tertiary/aromatic N) is 3. The summed E-state index contributed by atoms with van der Waals surface area (Å²) in [5.41, 5.74) is 2.46. The zero-order chi connectivity index (χ0) is 22.3. The fourth-order valence-corrected chi connectivity index (χ4v) is 3.59. The number of rotatable bonds is 9. The number of benzene rings is 2. The highest BCUT2D eigenvalue weighted by molar-refractivity contribution is 5.94. The van der Waals surface area contributed by atoms with Crippen LogP contribution in [0.15, 0.2) is 73.1 Å². The van der Waals surface area contributed by atoms with E-state index < -0.39 is 0 Å². The Bertz CT molecular complexity index is 1170. The fourth-order valence-electron chi connectivity index (χ4n) is 3.59. The van der Waals surface area contributed by atoms with Gasteiger partial charge in [0.1, 0.15) is 17.3 Å². The van der Waals surface area contributed by atoms with Crippen LogP contribution in [0.3, 0.4) is 0 Å². The summed E-state index contributed by atoms with van der Waals surface area (Å²) in [6.45, 7) is 3.23. The minimum atomic E-state index is -0.266. The normalized spacial score (nSPS) is 11.8. The summed E-state index contributed by atoms with van der Waals surface area (Å²) in [7, 11) is 1.64. The molecule has 0 aliphatic heterocycles. The lowest BCUT2D eigenvalue weighted by molar-refractivity contribution is 0.0937. The van der Waals surface area contributed by atoms with Gasteiger partial charge in [0.05, 0.1) is 36.4 Å². The first-order valence-electron chi connectivity index (χ1n) is 10.6. The standard InChI is InChI=1S/C25H26N4O3/c1-18(27-25(30)19-7-5-14-26-17-19)24-28-22-8-3-4-9-23(22)29(24)15-6-16-32-21-12-10-20(31-2)11-13-21/h3-5,7-14,17-18H,6,15-16H2,1-2H3,(H,27,30).